The maximum atomic E-state index is 5.76. The second-order valence-corrected chi connectivity index (χ2v) is 5.28. The van der Waals surface area contributed by atoms with Crippen molar-refractivity contribution in [1.82, 2.24) is 15.0 Å². The molecule has 4 nitrogen and oxygen atoms in total. The molecule has 2 heterocycles. The van der Waals surface area contributed by atoms with Crippen LogP contribution in [0, 0.1) is 13.8 Å². The highest BCUT2D eigenvalue weighted by atomic mass is 32.2. The van der Waals surface area contributed by atoms with Crippen LogP contribution in [-0.4, -0.2) is 15.0 Å². The van der Waals surface area contributed by atoms with E-state index in [0.717, 1.165) is 27.1 Å². The first kappa shape index (κ1) is 13.0. The Labute approximate surface area is 111 Å². The van der Waals surface area contributed by atoms with Gasteiger partial charge in [-0.05, 0) is 50.7 Å². The van der Waals surface area contributed by atoms with E-state index in [-0.39, 0.29) is 6.04 Å². The molecule has 0 bridgehead atoms. The Bertz CT molecular complexity index is 517. The Balaban J connectivity index is 2.18. The summed E-state index contributed by atoms with van der Waals surface area (Å²) in [6.45, 7) is 5.86. The average Bonchev–Trinajstić information content (AvgIpc) is 2.28. The molecule has 2 aromatic heterocycles. The van der Waals surface area contributed by atoms with E-state index in [0.29, 0.717) is 0 Å². The maximum absolute atomic E-state index is 5.76. The molecule has 5 heteroatoms. The van der Waals surface area contributed by atoms with Gasteiger partial charge in [-0.15, -0.1) is 0 Å². The first-order valence-corrected chi connectivity index (χ1v) is 6.58. The highest BCUT2D eigenvalue weighted by molar-refractivity contribution is 7.99. The molecule has 0 amide bonds. The molecule has 1 unspecified atom stereocenters. The second-order valence-electron chi connectivity index (χ2n) is 4.24. The van der Waals surface area contributed by atoms with Gasteiger partial charge in [-0.1, -0.05) is 0 Å². The first-order valence-electron chi connectivity index (χ1n) is 5.76. The molecular formula is C13H16N4S. The summed E-state index contributed by atoms with van der Waals surface area (Å²) in [5, 5.41) is 0.753. The van der Waals surface area contributed by atoms with Crippen LogP contribution in [0.2, 0.25) is 0 Å². The van der Waals surface area contributed by atoms with Gasteiger partial charge in [0.1, 0.15) is 0 Å². The van der Waals surface area contributed by atoms with Crippen molar-refractivity contribution in [3.8, 4) is 0 Å². The molecule has 18 heavy (non-hydrogen) atoms. The zero-order chi connectivity index (χ0) is 13.1. The first-order chi connectivity index (χ1) is 8.54. The van der Waals surface area contributed by atoms with Crippen molar-refractivity contribution in [1.29, 1.82) is 0 Å². The molecule has 94 valence electrons. The number of hydrogen-bond acceptors (Lipinski definition) is 5. The van der Waals surface area contributed by atoms with Gasteiger partial charge in [0.25, 0.3) is 0 Å². The fraction of sp³-hybridized carbons (Fsp3) is 0.308. The van der Waals surface area contributed by atoms with E-state index in [1.807, 2.05) is 45.2 Å². The van der Waals surface area contributed by atoms with E-state index >= 15 is 0 Å². The number of nitrogens with zero attached hydrogens (tertiary/aromatic N) is 3. The molecule has 0 aliphatic rings. The quantitative estimate of drug-likeness (QED) is 0.859. The normalized spacial score (nSPS) is 12.4. The van der Waals surface area contributed by atoms with Gasteiger partial charge in [-0.3, -0.25) is 4.98 Å². The summed E-state index contributed by atoms with van der Waals surface area (Å²) < 4.78 is 0. The summed E-state index contributed by atoms with van der Waals surface area (Å²) in [6, 6.07) is 5.86. The molecule has 1 atom stereocenters. The smallest absolute Gasteiger partial charge is 0.192 e. The van der Waals surface area contributed by atoms with Crippen molar-refractivity contribution in [2.24, 2.45) is 5.73 Å². The van der Waals surface area contributed by atoms with Crippen LogP contribution in [0.3, 0.4) is 0 Å². The number of nitrogens with two attached hydrogens (primary N) is 1. The lowest BCUT2D eigenvalue weighted by Crippen LogP contribution is -2.06. The Kier molecular flexibility index (Phi) is 3.93. The summed E-state index contributed by atoms with van der Waals surface area (Å²) in [5.74, 6) is 0. The predicted molar refractivity (Wildman–Crippen MR) is 72.5 cm³/mol. The van der Waals surface area contributed by atoms with Gasteiger partial charge in [-0.2, -0.15) is 0 Å². The van der Waals surface area contributed by atoms with Crippen LogP contribution >= 0.6 is 11.8 Å². The van der Waals surface area contributed by atoms with Crippen LogP contribution in [0.4, 0.5) is 0 Å². The van der Waals surface area contributed by atoms with Gasteiger partial charge < -0.3 is 5.73 Å². The van der Waals surface area contributed by atoms with Crippen LogP contribution in [0.15, 0.2) is 34.4 Å². The summed E-state index contributed by atoms with van der Waals surface area (Å²) in [5.41, 5.74) is 8.61. The number of aryl methyl sites for hydroxylation is 2. The highest BCUT2D eigenvalue weighted by Gasteiger charge is 2.05. The molecular weight excluding hydrogens is 244 g/mol. The van der Waals surface area contributed by atoms with Gasteiger partial charge in [0.05, 0.1) is 5.69 Å². The molecule has 0 saturated heterocycles. The number of rotatable bonds is 3. The molecule has 2 rings (SSSR count). The Morgan fingerprint density at radius 2 is 1.83 bits per heavy atom. The Morgan fingerprint density at radius 3 is 2.33 bits per heavy atom. The minimum atomic E-state index is -0.0403. The van der Waals surface area contributed by atoms with Crippen LogP contribution in [0.5, 0.6) is 0 Å². The average molecular weight is 260 g/mol. The number of hydrogen-bond donors (Lipinski definition) is 1. The molecule has 2 N–H and O–H groups in total. The van der Waals surface area contributed by atoms with E-state index in [1.54, 1.807) is 0 Å². The van der Waals surface area contributed by atoms with E-state index in [4.69, 9.17) is 5.73 Å². The lowest BCUT2D eigenvalue weighted by Gasteiger charge is -2.06. The largest absolute Gasteiger partial charge is 0.323 e. The topological polar surface area (TPSA) is 64.7 Å². The van der Waals surface area contributed by atoms with Crippen LogP contribution in [0.25, 0.3) is 0 Å². The van der Waals surface area contributed by atoms with E-state index in [2.05, 4.69) is 15.0 Å². The summed E-state index contributed by atoms with van der Waals surface area (Å²) in [4.78, 5) is 14.1. The molecule has 0 aliphatic carbocycles. The molecule has 2 aromatic rings. The van der Waals surface area contributed by atoms with Crippen molar-refractivity contribution < 1.29 is 0 Å². The van der Waals surface area contributed by atoms with Gasteiger partial charge in [-0.25, -0.2) is 9.97 Å². The molecule has 0 spiro atoms. The van der Waals surface area contributed by atoms with Gasteiger partial charge in [0.15, 0.2) is 5.16 Å². The zero-order valence-corrected chi connectivity index (χ0v) is 11.5. The van der Waals surface area contributed by atoms with Crippen molar-refractivity contribution >= 4 is 11.8 Å². The van der Waals surface area contributed by atoms with E-state index < -0.39 is 0 Å². The minimum Gasteiger partial charge on any atom is -0.323 e. The van der Waals surface area contributed by atoms with Crippen molar-refractivity contribution in [2.75, 3.05) is 0 Å². The molecule has 0 fully saturated rings. The van der Waals surface area contributed by atoms with Gasteiger partial charge in [0.2, 0.25) is 0 Å². The third-order valence-corrected chi connectivity index (χ3v) is 3.24. The van der Waals surface area contributed by atoms with Crippen LogP contribution in [-0.2, 0) is 0 Å². The van der Waals surface area contributed by atoms with Gasteiger partial charge in [0, 0.05) is 28.5 Å². The standard InChI is InChI=1S/C13H16N4S/c1-8-6-9(2)17-13(16-8)18-11-4-5-12(10(3)14)15-7-11/h4-7,10H,14H2,1-3H3. The Hall–Kier alpha value is -1.46. The number of aromatic nitrogens is 3. The summed E-state index contributed by atoms with van der Waals surface area (Å²) in [6.07, 6.45) is 1.81. The van der Waals surface area contributed by atoms with Crippen LogP contribution in [0.1, 0.15) is 30.0 Å². The summed E-state index contributed by atoms with van der Waals surface area (Å²) in [7, 11) is 0. The third-order valence-electron chi connectivity index (χ3n) is 2.40. The lowest BCUT2D eigenvalue weighted by atomic mass is 10.2. The molecule has 0 radical (unpaired) electrons. The van der Waals surface area contributed by atoms with E-state index in [9.17, 15) is 0 Å². The number of pyridine rings is 1. The van der Waals surface area contributed by atoms with E-state index in [1.165, 1.54) is 11.8 Å². The fourth-order valence-electron chi connectivity index (χ4n) is 1.57. The lowest BCUT2D eigenvalue weighted by molar-refractivity contribution is 0.777. The minimum absolute atomic E-state index is 0.0403. The fourth-order valence-corrected chi connectivity index (χ4v) is 2.40. The molecule has 0 saturated carbocycles. The summed E-state index contributed by atoms with van der Waals surface area (Å²) >= 11 is 1.51. The zero-order valence-electron chi connectivity index (χ0n) is 10.7. The van der Waals surface area contributed by atoms with Gasteiger partial charge >= 0.3 is 0 Å². The maximum Gasteiger partial charge on any atom is 0.192 e. The Morgan fingerprint density at radius 1 is 1.17 bits per heavy atom. The third kappa shape index (κ3) is 3.27. The van der Waals surface area contributed by atoms with Crippen molar-refractivity contribution in [3.05, 3.63) is 41.5 Å². The predicted octanol–water partition coefficient (Wildman–Crippen LogP) is 2.66. The molecule has 0 aliphatic heterocycles. The molecule has 0 aromatic carbocycles. The SMILES string of the molecule is Cc1cc(C)nc(Sc2ccc(C(C)N)nc2)n1. The van der Waals surface area contributed by atoms with Crippen molar-refractivity contribution in [2.45, 2.75) is 36.9 Å². The second kappa shape index (κ2) is 5.46. The highest BCUT2D eigenvalue weighted by Crippen LogP contribution is 2.24. The monoisotopic (exact) mass is 260 g/mol. The van der Waals surface area contributed by atoms with Crippen molar-refractivity contribution in [3.63, 3.8) is 0 Å². The van der Waals surface area contributed by atoms with Crippen LogP contribution < -0.4 is 5.73 Å².